The Bertz CT molecular complexity index is 257. The van der Waals surface area contributed by atoms with Crippen LogP contribution in [0, 0.1) is 0 Å². The van der Waals surface area contributed by atoms with E-state index in [9.17, 15) is 4.79 Å². The minimum Gasteiger partial charge on any atom is -0.447 e. The Kier molecular flexibility index (Phi) is 12.8. The van der Waals surface area contributed by atoms with Gasteiger partial charge in [0.2, 0.25) is 0 Å². The lowest BCUT2D eigenvalue weighted by Crippen LogP contribution is -2.41. The molecule has 0 aliphatic carbocycles. The molecule has 126 valence electrons. The lowest BCUT2D eigenvalue weighted by atomic mass is 10.1. The van der Waals surface area contributed by atoms with Crippen LogP contribution in [0.5, 0.6) is 0 Å². The number of unbranched alkanes of at least 4 members (excludes halogenated alkanes) is 3. The third-order valence-corrected chi connectivity index (χ3v) is 2.75. The molecule has 0 radical (unpaired) electrons. The standard InChI is InChI=1S/C15H30ClNO4/c1-15(2,3)17-14(18)21-13-12-20-11-10-19-9-7-5-4-6-8-16/h4-13H2,1-3H3,(H,17,18). The summed E-state index contributed by atoms with van der Waals surface area (Å²) in [5.74, 6) is 0.741. The smallest absolute Gasteiger partial charge is 0.407 e. The monoisotopic (exact) mass is 323 g/mol. The second-order valence-electron chi connectivity index (χ2n) is 5.84. The quantitative estimate of drug-likeness (QED) is 0.442. The van der Waals surface area contributed by atoms with Crippen molar-refractivity contribution in [3.63, 3.8) is 0 Å². The first-order chi connectivity index (χ1) is 9.95. The van der Waals surface area contributed by atoms with Crippen LogP contribution in [0.25, 0.3) is 0 Å². The Morgan fingerprint density at radius 3 is 2.10 bits per heavy atom. The third kappa shape index (κ3) is 17.4. The number of rotatable bonds is 12. The van der Waals surface area contributed by atoms with Crippen LogP contribution in [0.4, 0.5) is 4.79 Å². The average molecular weight is 324 g/mol. The number of alkyl halides is 1. The van der Waals surface area contributed by atoms with Gasteiger partial charge in [-0.05, 0) is 33.6 Å². The highest BCUT2D eigenvalue weighted by atomic mass is 35.5. The van der Waals surface area contributed by atoms with Crippen LogP contribution >= 0.6 is 11.6 Å². The van der Waals surface area contributed by atoms with E-state index in [4.69, 9.17) is 25.8 Å². The molecule has 1 amide bonds. The lowest BCUT2D eigenvalue weighted by Gasteiger charge is -2.19. The van der Waals surface area contributed by atoms with E-state index >= 15 is 0 Å². The van der Waals surface area contributed by atoms with E-state index in [1.807, 2.05) is 20.8 Å². The fourth-order valence-electron chi connectivity index (χ4n) is 1.51. The molecule has 0 fully saturated rings. The van der Waals surface area contributed by atoms with E-state index in [0.29, 0.717) is 19.8 Å². The summed E-state index contributed by atoms with van der Waals surface area (Å²) in [5.41, 5.74) is -0.282. The van der Waals surface area contributed by atoms with Crippen molar-refractivity contribution in [2.75, 3.05) is 38.9 Å². The molecular formula is C15H30ClNO4. The topological polar surface area (TPSA) is 56.8 Å². The zero-order valence-corrected chi connectivity index (χ0v) is 14.3. The minimum atomic E-state index is -0.417. The second-order valence-corrected chi connectivity index (χ2v) is 6.22. The molecule has 21 heavy (non-hydrogen) atoms. The van der Waals surface area contributed by atoms with Crippen LogP contribution in [-0.2, 0) is 14.2 Å². The molecule has 0 aliphatic rings. The lowest BCUT2D eigenvalue weighted by molar-refractivity contribution is 0.0264. The summed E-state index contributed by atoms with van der Waals surface area (Å²) in [6.07, 6.45) is 4.04. The Balaban J connectivity index is 3.17. The molecule has 1 N–H and O–H groups in total. The molecule has 0 bridgehead atoms. The number of carbonyl (C=O) groups is 1. The van der Waals surface area contributed by atoms with E-state index < -0.39 is 6.09 Å². The van der Waals surface area contributed by atoms with Crippen molar-refractivity contribution in [3.05, 3.63) is 0 Å². The van der Waals surface area contributed by atoms with Gasteiger partial charge in [-0.25, -0.2) is 4.79 Å². The maximum Gasteiger partial charge on any atom is 0.407 e. The van der Waals surface area contributed by atoms with E-state index in [2.05, 4.69) is 5.32 Å². The number of hydrogen-bond donors (Lipinski definition) is 1. The van der Waals surface area contributed by atoms with E-state index in [0.717, 1.165) is 38.2 Å². The van der Waals surface area contributed by atoms with Crippen molar-refractivity contribution >= 4 is 17.7 Å². The van der Waals surface area contributed by atoms with Crippen molar-refractivity contribution in [3.8, 4) is 0 Å². The highest BCUT2D eigenvalue weighted by molar-refractivity contribution is 6.17. The van der Waals surface area contributed by atoms with Gasteiger partial charge in [-0.2, -0.15) is 0 Å². The zero-order valence-electron chi connectivity index (χ0n) is 13.6. The molecule has 0 aromatic rings. The second kappa shape index (κ2) is 13.2. The summed E-state index contributed by atoms with van der Waals surface area (Å²) < 4.78 is 15.7. The van der Waals surface area contributed by atoms with Gasteiger partial charge in [-0.15, -0.1) is 11.6 Å². The van der Waals surface area contributed by atoms with E-state index in [1.165, 1.54) is 0 Å². The van der Waals surface area contributed by atoms with E-state index in [1.54, 1.807) is 0 Å². The summed E-state index contributed by atoms with van der Waals surface area (Å²) in [4.78, 5) is 11.3. The van der Waals surface area contributed by atoms with Crippen molar-refractivity contribution < 1.29 is 19.0 Å². The molecule has 0 atom stereocenters. The summed E-state index contributed by atoms with van der Waals surface area (Å²) >= 11 is 5.59. The predicted molar refractivity (Wildman–Crippen MR) is 85.1 cm³/mol. The van der Waals surface area contributed by atoms with Gasteiger partial charge in [-0.3, -0.25) is 0 Å². The predicted octanol–water partition coefficient (Wildman–Crippen LogP) is 3.34. The first kappa shape index (κ1) is 20.5. The first-order valence-corrected chi connectivity index (χ1v) is 8.15. The van der Waals surface area contributed by atoms with Gasteiger partial charge < -0.3 is 19.5 Å². The maximum atomic E-state index is 11.3. The van der Waals surface area contributed by atoms with Crippen LogP contribution < -0.4 is 5.32 Å². The van der Waals surface area contributed by atoms with Crippen molar-refractivity contribution in [1.82, 2.24) is 5.32 Å². The third-order valence-electron chi connectivity index (χ3n) is 2.48. The molecule has 0 aromatic heterocycles. The Morgan fingerprint density at radius 2 is 1.48 bits per heavy atom. The Labute approximate surface area is 133 Å². The van der Waals surface area contributed by atoms with Gasteiger partial charge in [0.25, 0.3) is 0 Å². The summed E-state index contributed by atoms with van der Waals surface area (Å²) in [7, 11) is 0. The van der Waals surface area contributed by atoms with Gasteiger partial charge in [0.15, 0.2) is 0 Å². The van der Waals surface area contributed by atoms with Crippen LogP contribution in [-0.4, -0.2) is 50.5 Å². The highest BCUT2D eigenvalue weighted by Crippen LogP contribution is 2.01. The molecule has 0 aliphatic heterocycles. The molecule has 0 aromatic carbocycles. The first-order valence-electron chi connectivity index (χ1n) is 7.62. The number of carbonyl (C=O) groups excluding carboxylic acids is 1. The molecule has 6 heteroatoms. The number of nitrogens with one attached hydrogen (secondary N) is 1. The van der Waals surface area contributed by atoms with Gasteiger partial charge in [0.05, 0.1) is 19.8 Å². The van der Waals surface area contributed by atoms with Gasteiger partial charge >= 0.3 is 6.09 Å². The molecule has 0 rings (SSSR count). The average Bonchev–Trinajstić information content (AvgIpc) is 2.38. The van der Waals surface area contributed by atoms with Crippen molar-refractivity contribution in [1.29, 1.82) is 0 Å². The summed E-state index contributed by atoms with van der Waals surface area (Å²) in [6, 6.07) is 0. The molecule has 0 saturated carbocycles. The number of amides is 1. The number of ether oxygens (including phenoxy) is 3. The molecule has 5 nitrogen and oxygen atoms in total. The van der Waals surface area contributed by atoms with Crippen LogP contribution in [0.1, 0.15) is 46.5 Å². The number of alkyl carbamates (subject to hydrolysis) is 1. The van der Waals surface area contributed by atoms with Gasteiger partial charge in [0, 0.05) is 18.0 Å². The fourth-order valence-corrected chi connectivity index (χ4v) is 1.70. The number of hydrogen-bond acceptors (Lipinski definition) is 4. The van der Waals surface area contributed by atoms with Gasteiger partial charge in [-0.1, -0.05) is 12.8 Å². The molecule has 0 spiro atoms. The van der Waals surface area contributed by atoms with Crippen molar-refractivity contribution in [2.24, 2.45) is 0 Å². The number of halogens is 1. The van der Waals surface area contributed by atoms with E-state index in [-0.39, 0.29) is 12.1 Å². The van der Waals surface area contributed by atoms with Crippen LogP contribution in [0.15, 0.2) is 0 Å². The SMILES string of the molecule is CC(C)(C)NC(=O)OCCOCCOCCCCCCCl. The Hall–Kier alpha value is -0.520. The molecule has 0 saturated heterocycles. The Morgan fingerprint density at radius 1 is 0.905 bits per heavy atom. The van der Waals surface area contributed by atoms with Gasteiger partial charge in [0.1, 0.15) is 6.61 Å². The fraction of sp³-hybridized carbons (Fsp3) is 0.933. The maximum absolute atomic E-state index is 11.3. The summed E-state index contributed by atoms with van der Waals surface area (Å²) in [5, 5.41) is 2.71. The highest BCUT2D eigenvalue weighted by Gasteiger charge is 2.13. The molecule has 0 unspecified atom stereocenters. The van der Waals surface area contributed by atoms with Crippen LogP contribution in [0.3, 0.4) is 0 Å². The summed E-state index contributed by atoms with van der Waals surface area (Å²) in [6.45, 7) is 8.19. The largest absolute Gasteiger partial charge is 0.447 e. The van der Waals surface area contributed by atoms with Crippen molar-refractivity contribution in [2.45, 2.75) is 52.0 Å². The normalized spacial score (nSPS) is 11.4. The molecule has 0 heterocycles. The van der Waals surface area contributed by atoms with Crippen LogP contribution in [0.2, 0.25) is 0 Å². The zero-order chi connectivity index (χ0) is 16.0. The minimum absolute atomic E-state index is 0.250. The molecular weight excluding hydrogens is 294 g/mol.